The highest BCUT2D eigenvalue weighted by Gasteiger charge is 2.28. The highest BCUT2D eigenvalue weighted by atomic mass is 16.5. The summed E-state index contributed by atoms with van der Waals surface area (Å²) in [5, 5.41) is 6.98. The number of aryl methyl sites for hydroxylation is 1. The Bertz CT molecular complexity index is 447. The molecular formula is C15H26N4O2. The van der Waals surface area contributed by atoms with Crippen molar-refractivity contribution in [2.75, 3.05) is 19.6 Å². The number of carbonyl (C=O) groups excluding carboxylic acids is 1. The number of hydrogen-bond donors (Lipinski definition) is 1. The fourth-order valence-electron chi connectivity index (χ4n) is 2.61. The quantitative estimate of drug-likeness (QED) is 0.819. The van der Waals surface area contributed by atoms with E-state index < -0.39 is 0 Å². The molecule has 0 radical (unpaired) electrons. The Labute approximate surface area is 126 Å². The van der Waals surface area contributed by atoms with Crippen LogP contribution >= 0.6 is 0 Å². The van der Waals surface area contributed by atoms with Gasteiger partial charge in [-0.3, -0.25) is 0 Å². The van der Waals surface area contributed by atoms with Gasteiger partial charge in [0.25, 0.3) is 0 Å². The van der Waals surface area contributed by atoms with E-state index in [1.807, 2.05) is 4.90 Å². The first-order valence-electron chi connectivity index (χ1n) is 8.09. The van der Waals surface area contributed by atoms with Gasteiger partial charge >= 0.3 is 6.03 Å². The fourth-order valence-corrected chi connectivity index (χ4v) is 2.61. The molecule has 1 atom stereocenters. The lowest BCUT2D eigenvalue weighted by Crippen LogP contribution is -2.45. The van der Waals surface area contributed by atoms with E-state index in [4.69, 9.17) is 4.52 Å². The molecule has 1 fully saturated rings. The summed E-state index contributed by atoms with van der Waals surface area (Å²) < 4.78 is 5.36. The van der Waals surface area contributed by atoms with Crippen molar-refractivity contribution in [3.8, 4) is 0 Å². The Kier molecular flexibility index (Phi) is 6.02. The van der Waals surface area contributed by atoms with Gasteiger partial charge < -0.3 is 14.7 Å². The molecule has 2 amide bonds. The summed E-state index contributed by atoms with van der Waals surface area (Å²) in [5.74, 6) is 1.63. The summed E-state index contributed by atoms with van der Waals surface area (Å²) in [6.07, 6.45) is 5.95. The third-order valence-corrected chi connectivity index (χ3v) is 3.82. The summed E-state index contributed by atoms with van der Waals surface area (Å²) in [4.78, 5) is 18.4. The first kappa shape index (κ1) is 15.8. The Balaban J connectivity index is 1.88. The number of nitrogens with one attached hydrogen (secondary N) is 1. The van der Waals surface area contributed by atoms with E-state index in [2.05, 4.69) is 29.3 Å². The molecule has 1 aliphatic heterocycles. The van der Waals surface area contributed by atoms with Crippen molar-refractivity contribution < 1.29 is 9.32 Å². The maximum absolute atomic E-state index is 12.1. The number of urea groups is 1. The molecule has 0 aliphatic carbocycles. The maximum atomic E-state index is 12.1. The van der Waals surface area contributed by atoms with E-state index >= 15 is 0 Å². The molecule has 0 bridgehead atoms. The van der Waals surface area contributed by atoms with E-state index in [0.29, 0.717) is 12.4 Å². The Morgan fingerprint density at radius 3 is 3.05 bits per heavy atom. The zero-order valence-corrected chi connectivity index (χ0v) is 13.1. The van der Waals surface area contributed by atoms with Crippen LogP contribution in [0.2, 0.25) is 0 Å². The van der Waals surface area contributed by atoms with E-state index in [1.54, 1.807) is 0 Å². The minimum absolute atomic E-state index is 0.0291. The Morgan fingerprint density at radius 2 is 2.29 bits per heavy atom. The molecule has 0 aromatic carbocycles. The monoisotopic (exact) mass is 294 g/mol. The van der Waals surface area contributed by atoms with Crippen molar-refractivity contribution in [3.63, 3.8) is 0 Å². The van der Waals surface area contributed by atoms with E-state index in [-0.39, 0.29) is 11.9 Å². The molecule has 2 rings (SSSR count). The maximum Gasteiger partial charge on any atom is 0.317 e. The molecule has 0 spiro atoms. The lowest BCUT2D eigenvalue weighted by Gasteiger charge is -2.31. The molecule has 1 aromatic heterocycles. The molecule has 1 aliphatic rings. The van der Waals surface area contributed by atoms with Gasteiger partial charge in [-0.15, -0.1) is 0 Å². The van der Waals surface area contributed by atoms with Crippen molar-refractivity contribution in [1.29, 1.82) is 0 Å². The average Bonchev–Trinajstić information content (AvgIpc) is 2.97. The summed E-state index contributed by atoms with van der Waals surface area (Å²) in [7, 11) is 0. The number of amides is 2. The van der Waals surface area contributed by atoms with Gasteiger partial charge in [-0.05, 0) is 25.7 Å². The second-order valence-electron chi connectivity index (χ2n) is 5.67. The first-order valence-corrected chi connectivity index (χ1v) is 8.09. The number of rotatable bonds is 6. The van der Waals surface area contributed by atoms with Gasteiger partial charge in [-0.25, -0.2) is 4.79 Å². The van der Waals surface area contributed by atoms with Crippen LogP contribution in [0.3, 0.4) is 0 Å². The third-order valence-electron chi connectivity index (χ3n) is 3.82. The van der Waals surface area contributed by atoms with Crippen molar-refractivity contribution in [2.24, 2.45) is 0 Å². The second-order valence-corrected chi connectivity index (χ2v) is 5.67. The van der Waals surface area contributed by atoms with E-state index in [9.17, 15) is 4.79 Å². The molecule has 1 unspecified atom stereocenters. The number of unbranched alkanes of at least 4 members (excludes halogenated alkanes) is 1. The van der Waals surface area contributed by atoms with Crippen LogP contribution in [0.15, 0.2) is 4.52 Å². The number of carbonyl (C=O) groups is 1. The van der Waals surface area contributed by atoms with Gasteiger partial charge in [0.2, 0.25) is 5.89 Å². The third kappa shape index (κ3) is 4.44. The number of likely N-dealkylation sites (tertiary alicyclic amines) is 1. The molecular weight excluding hydrogens is 268 g/mol. The summed E-state index contributed by atoms with van der Waals surface area (Å²) in [6, 6.07) is 0.0291. The first-order chi connectivity index (χ1) is 10.2. The van der Waals surface area contributed by atoms with Crippen LogP contribution in [-0.4, -0.2) is 40.7 Å². The van der Waals surface area contributed by atoms with Crippen molar-refractivity contribution >= 4 is 6.03 Å². The second kappa shape index (κ2) is 8.00. The average molecular weight is 294 g/mol. The van der Waals surface area contributed by atoms with Crippen molar-refractivity contribution in [1.82, 2.24) is 20.4 Å². The minimum atomic E-state index is 0.0291. The van der Waals surface area contributed by atoms with E-state index in [0.717, 1.165) is 57.4 Å². The molecule has 0 saturated carbocycles. The number of aromatic nitrogens is 2. The number of hydrogen-bond acceptors (Lipinski definition) is 4. The van der Waals surface area contributed by atoms with E-state index in [1.165, 1.54) is 0 Å². The normalized spacial score (nSPS) is 18.8. The summed E-state index contributed by atoms with van der Waals surface area (Å²) in [6.45, 7) is 6.44. The Hall–Kier alpha value is -1.59. The van der Waals surface area contributed by atoms with Gasteiger partial charge in [-0.1, -0.05) is 25.4 Å². The van der Waals surface area contributed by atoms with Gasteiger partial charge in [0.05, 0.1) is 5.92 Å². The van der Waals surface area contributed by atoms with Crippen LogP contribution in [0.5, 0.6) is 0 Å². The van der Waals surface area contributed by atoms with Crippen LogP contribution in [0.1, 0.15) is 63.6 Å². The van der Waals surface area contributed by atoms with Gasteiger partial charge in [0, 0.05) is 26.1 Å². The largest absolute Gasteiger partial charge is 0.339 e. The SMILES string of the molecule is CCCCNC(=O)N1CCCC(c2nc(CCC)no2)C1. The molecule has 1 saturated heterocycles. The number of nitrogens with zero attached hydrogens (tertiary/aromatic N) is 3. The van der Waals surface area contributed by atoms with Crippen LogP contribution < -0.4 is 5.32 Å². The molecule has 1 aromatic rings. The van der Waals surface area contributed by atoms with Crippen LogP contribution in [0.25, 0.3) is 0 Å². The summed E-state index contributed by atoms with van der Waals surface area (Å²) in [5.41, 5.74) is 0. The Morgan fingerprint density at radius 1 is 1.43 bits per heavy atom. The highest BCUT2D eigenvalue weighted by Crippen LogP contribution is 2.25. The summed E-state index contributed by atoms with van der Waals surface area (Å²) >= 11 is 0. The smallest absolute Gasteiger partial charge is 0.317 e. The predicted octanol–water partition coefficient (Wildman–Crippen LogP) is 2.71. The molecule has 1 N–H and O–H groups in total. The standard InChI is InChI=1S/C15H26N4O2/c1-3-5-9-16-15(20)19-10-6-8-12(11-19)14-17-13(7-4-2)18-21-14/h12H,3-11H2,1-2H3,(H,16,20). The van der Waals surface area contributed by atoms with Crippen LogP contribution in [0.4, 0.5) is 4.79 Å². The molecule has 21 heavy (non-hydrogen) atoms. The molecule has 118 valence electrons. The minimum Gasteiger partial charge on any atom is -0.339 e. The zero-order valence-electron chi connectivity index (χ0n) is 13.1. The molecule has 6 heteroatoms. The van der Waals surface area contributed by atoms with Crippen LogP contribution in [0, 0.1) is 0 Å². The lowest BCUT2D eigenvalue weighted by molar-refractivity contribution is 0.172. The van der Waals surface area contributed by atoms with Crippen molar-refractivity contribution in [2.45, 2.75) is 58.3 Å². The molecule has 2 heterocycles. The van der Waals surface area contributed by atoms with Crippen molar-refractivity contribution in [3.05, 3.63) is 11.7 Å². The van der Waals surface area contributed by atoms with Gasteiger partial charge in [0.1, 0.15) is 0 Å². The van der Waals surface area contributed by atoms with Gasteiger partial charge in [-0.2, -0.15) is 4.98 Å². The number of piperidine rings is 1. The topological polar surface area (TPSA) is 71.3 Å². The molecule has 6 nitrogen and oxygen atoms in total. The van der Waals surface area contributed by atoms with Gasteiger partial charge in [0.15, 0.2) is 5.82 Å². The fraction of sp³-hybridized carbons (Fsp3) is 0.800. The lowest BCUT2D eigenvalue weighted by atomic mass is 9.98. The predicted molar refractivity (Wildman–Crippen MR) is 80.1 cm³/mol. The zero-order chi connectivity index (χ0) is 15.1. The van der Waals surface area contributed by atoms with Crippen LogP contribution in [-0.2, 0) is 6.42 Å². The highest BCUT2D eigenvalue weighted by molar-refractivity contribution is 5.74.